The molecule has 1 aliphatic rings. The van der Waals surface area contributed by atoms with Crippen LogP contribution in [0.4, 0.5) is 0 Å². The lowest BCUT2D eigenvalue weighted by Gasteiger charge is -2.49. The number of aliphatic carboxylic acids is 1. The molecule has 0 saturated heterocycles. The highest BCUT2D eigenvalue weighted by Crippen LogP contribution is 2.50. The van der Waals surface area contributed by atoms with Crippen LogP contribution in [0.3, 0.4) is 0 Å². The molecule has 0 aromatic rings. The Kier molecular flexibility index (Phi) is 3.76. The van der Waals surface area contributed by atoms with E-state index < -0.39 is 11.6 Å². The summed E-state index contributed by atoms with van der Waals surface area (Å²) >= 11 is 0. The Bertz CT molecular complexity index is 455. The van der Waals surface area contributed by atoms with Gasteiger partial charge in [0.1, 0.15) is 0 Å². The molecule has 0 aromatic carbocycles. The molecule has 3 nitrogen and oxygen atoms in total. The number of carbonyl (C=O) groups is 1. The van der Waals surface area contributed by atoms with Crippen molar-refractivity contribution in [2.75, 3.05) is 0 Å². The second kappa shape index (κ2) is 4.48. The van der Waals surface area contributed by atoms with Gasteiger partial charge in [0.25, 0.3) is 0 Å². The Morgan fingerprint density at radius 1 is 1.21 bits per heavy atom. The average Bonchev–Trinajstić information content (AvgIpc) is 2.12. The van der Waals surface area contributed by atoms with Gasteiger partial charge in [0.15, 0.2) is 0 Å². The number of rotatable bonds is 1. The molecule has 0 saturated carbocycles. The first kappa shape index (κ1) is 16.0. The molecule has 0 spiro atoms. The SMILES string of the molecule is CC1=C(C(=O)O)C=C(C(C)(C)C)C(O)(C(C)(C)C)C1. The van der Waals surface area contributed by atoms with E-state index in [1.807, 2.05) is 41.5 Å². The fourth-order valence-electron chi connectivity index (χ4n) is 2.71. The third-order valence-electron chi connectivity index (χ3n) is 3.99. The van der Waals surface area contributed by atoms with Crippen LogP contribution >= 0.6 is 0 Å². The first-order valence-corrected chi connectivity index (χ1v) is 6.69. The molecule has 0 radical (unpaired) electrons. The average molecular weight is 266 g/mol. The Morgan fingerprint density at radius 3 is 2.00 bits per heavy atom. The minimum atomic E-state index is -1.01. The Morgan fingerprint density at radius 2 is 1.68 bits per heavy atom. The third-order valence-corrected chi connectivity index (χ3v) is 3.99. The van der Waals surface area contributed by atoms with Crippen molar-refractivity contribution in [2.24, 2.45) is 10.8 Å². The van der Waals surface area contributed by atoms with E-state index in [-0.39, 0.29) is 10.8 Å². The van der Waals surface area contributed by atoms with Crippen molar-refractivity contribution >= 4 is 5.97 Å². The summed E-state index contributed by atoms with van der Waals surface area (Å²) in [4.78, 5) is 11.3. The molecule has 0 heterocycles. The molecular weight excluding hydrogens is 240 g/mol. The maximum absolute atomic E-state index is 11.3. The van der Waals surface area contributed by atoms with Gasteiger partial charge in [-0.05, 0) is 29.4 Å². The molecule has 2 N–H and O–H groups in total. The lowest BCUT2D eigenvalue weighted by molar-refractivity contribution is -0.132. The number of aliphatic hydroxyl groups is 1. The minimum absolute atomic E-state index is 0.274. The summed E-state index contributed by atoms with van der Waals surface area (Å²) in [6.07, 6.45) is 2.05. The molecular formula is C16H26O3. The van der Waals surface area contributed by atoms with Gasteiger partial charge in [-0.15, -0.1) is 0 Å². The molecule has 0 aliphatic heterocycles. The van der Waals surface area contributed by atoms with Crippen LogP contribution in [-0.2, 0) is 4.79 Å². The smallest absolute Gasteiger partial charge is 0.335 e. The quantitative estimate of drug-likeness (QED) is 0.763. The monoisotopic (exact) mass is 266 g/mol. The zero-order valence-electron chi connectivity index (χ0n) is 13.1. The topological polar surface area (TPSA) is 57.5 Å². The van der Waals surface area contributed by atoms with Crippen molar-refractivity contribution in [2.45, 2.75) is 60.5 Å². The van der Waals surface area contributed by atoms with Crippen molar-refractivity contribution in [3.05, 3.63) is 22.8 Å². The highest BCUT2D eigenvalue weighted by molar-refractivity contribution is 5.91. The zero-order chi connectivity index (χ0) is 15.2. The molecule has 19 heavy (non-hydrogen) atoms. The Hall–Kier alpha value is -1.09. The second-order valence-electron chi connectivity index (χ2n) is 7.59. The maximum atomic E-state index is 11.3. The maximum Gasteiger partial charge on any atom is 0.335 e. The lowest BCUT2D eigenvalue weighted by atomic mass is 9.60. The van der Waals surface area contributed by atoms with Gasteiger partial charge in [-0.2, -0.15) is 0 Å². The van der Waals surface area contributed by atoms with Crippen LogP contribution in [-0.4, -0.2) is 21.8 Å². The van der Waals surface area contributed by atoms with Gasteiger partial charge in [0, 0.05) is 6.42 Å². The van der Waals surface area contributed by atoms with Gasteiger partial charge in [0.2, 0.25) is 0 Å². The molecule has 1 unspecified atom stereocenters. The highest BCUT2D eigenvalue weighted by atomic mass is 16.4. The van der Waals surface area contributed by atoms with Crippen LogP contribution in [0.25, 0.3) is 0 Å². The van der Waals surface area contributed by atoms with Gasteiger partial charge < -0.3 is 10.2 Å². The summed E-state index contributed by atoms with van der Waals surface area (Å²) < 4.78 is 0. The third kappa shape index (κ3) is 2.76. The molecule has 1 rings (SSSR count). The van der Waals surface area contributed by atoms with Crippen LogP contribution in [0.5, 0.6) is 0 Å². The largest absolute Gasteiger partial charge is 0.478 e. The van der Waals surface area contributed by atoms with Gasteiger partial charge in [-0.1, -0.05) is 47.1 Å². The molecule has 108 valence electrons. The molecule has 1 aliphatic carbocycles. The van der Waals surface area contributed by atoms with Crippen LogP contribution in [0.15, 0.2) is 22.8 Å². The van der Waals surface area contributed by atoms with Crippen molar-refractivity contribution in [1.29, 1.82) is 0 Å². The van der Waals surface area contributed by atoms with Crippen molar-refractivity contribution in [3.8, 4) is 0 Å². The standard InChI is InChI=1S/C16H26O3/c1-10-9-16(19,15(5,6)7)12(14(2,3)4)8-11(10)13(17)18/h8,19H,9H2,1-7H3,(H,17,18). The Labute approximate surface area is 116 Å². The van der Waals surface area contributed by atoms with E-state index in [2.05, 4.69) is 0 Å². The fourth-order valence-corrected chi connectivity index (χ4v) is 2.71. The van der Waals surface area contributed by atoms with Gasteiger partial charge >= 0.3 is 5.97 Å². The van der Waals surface area contributed by atoms with Crippen molar-refractivity contribution in [1.82, 2.24) is 0 Å². The minimum Gasteiger partial charge on any atom is -0.478 e. The zero-order valence-corrected chi connectivity index (χ0v) is 13.1. The summed E-state index contributed by atoms with van der Waals surface area (Å²) in [5, 5.41) is 20.5. The van der Waals surface area contributed by atoms with E-state index in [9.17, 15) is 15.0 Å². The van der Waals surface area contributed by atoms with E-state index in [0.29, 0.717) is 12.0 Å². The van der Waals surface area contributed by atoms with Gasteiger partial charge in [-0.25, -0.2) is 4.79 Å². The van der Waals surface area contributed by atoms with E-state index in [0.717, 1.165) is 11.1 Å². The van der Waals surface area contributed by atoms with Crippen LogP contribution in [0, 0.1) is 10.8 Å². The first-order chi connectivity index (χ1) is 8.30. The molecule has 3 heteroatoms. The number of carboxylic acids is 1. The van der Waals surface area contributed by atoms with E-state index >= 15 is 0 Å². The van der Waals surface area contributed by atoms with E-state index in [1.54, 1.807) is 13.0 Å². The fraction of sp³-hybridized carbons (Fsp3) is 0.688. The first-order valence-electron chi connectivity index (χ1n) is 6.69. The molecule has 0 fully saturated rings. The summed E-state index contributed by atoms with van der Waals surface area (Å²) in [5.74, 6) is -0.921. The normalized spacial score (nSPS) is 25.4. The van der Waals surface area contributed by atoms with E-state index in [1.165, 1.54) is 0 Å². The molecule has 0 amide bonds. The number of hydrogen-bond donors (Lipinski definition) is 2. The molecule has 1 atom stereocenters. The highest BCUT2D eigenvalue weighted by Gasteiger charge is 2.49. The van der Waals surface area contributed by atoms with Crippen LogP contribution in [0.1, 0.15) is 54.9 Å². The van der Waals surface area contributed by atoms with E-state index in [4.69, 9.17) is 0 Å². The van der Waals surface area contributed by atoms with Gasteiger partial charge in [-0.3, -0.25) is 0 Å². The summed E-state index contributed by atoms with van der Waals surface area (Å²) in [7, 11) is 0. The molecule has 0 bridgehead atoms. The van der Waals surface area contributed by atoms with Crippen molar-refractivity contribution < 1.29 is 15.0 Å². The lowest BCUT2D eigenvalue weighted by Crippen LogP contribution is -2.49. The second-order valence-corrected chi connectivity index (χ2v) is 7.59. The Balaban J connectivity index is 3.52. The predicted octanol–water partition coefficient (Wildman–Crippen LogP) is 3.54. The summed E-state index contributed by atoms with van der Waals surface area (Å²) in [5.41, 5.74) is 0.224. The van der Waals surface area contributed by atoms with Crippen LogP contribution in [0.2, 0.25) is 0 Å². The van der Waals surface area contributed by atoms with Crippen LogP contribution < -0.4 is 0 Å². The predicted molar refractivity (Wildman–Crippen MR) is 76.9 cm³/mol. The van der Waals surface area contributed by atoms with Gasteiger partial charge in [0.05, 0.1) is 11.2 Å². The summed E-state index contributed by atoms with van der Waals surface area (Å²) in [6.45, 7) is 13.8. The number of hydrogen-bond acceptors (Lipinski definition) is 2. The number of carboxylic acid groups (broad SMARTS) is 1. The molecule has 0 aromatic heterocycles. The van der Waals surface area contributed by atoms with Crippen molar-refractivity contribution in [3.63, 3.8) is 0 Å². The summed E-state index contributed by atoms with van der Waals surface area (Å²) in [6, 6.07) is 0.